The predicted octanol–water partition coefficient (Wildman–Crippen LogP) is 2.80. The Morgan fingerprint density at radius 1 is 1.45 bits per heavy atom. The summed E-state index contributed by atoms with van der Waals surface area (Å²) in [5.74, 6) is 0.684. The van der Waals surface area contributed by atoms with E-state index in [1.165, 1.54) is 37.8 Å². The summed E-state index contributed by atoms with van der Waals surface area (Å²) in [5.41, 5.74) is 1.25. The van der Waals surface area contributed by atoms with Gasteiger partial charge in [0, 0.05) is 19.9 Å². The number of aryl methyl sites for hydroxylation is 1. The van der Waals surface area contributed by atoms with Crippen molar-refractivity contribution in [3.8, 4) is 0 Å². The second-order valence-corrected chi connectivity index (χ2v) is 6.07. The molecule has 4 nitrogen and oxygen atoms in total. The van der Waals surface area contributed by atoms with Crippen molar-refractivity contribution in [2.75, 3.05) is 26.8 Å². The van der Waals surface area contributed by atoms with Gasteiger partial charge in [0.25, 0.3) is 0 Å². The lowest BCUT2D eigenvalue weighted by molar-refractivity contribution is 0.198. The molecule has 0 amide bonds. The van der Waals surface area contributed by atoms with Crippen LogP contribution in [0.25, 0.3) is 0 Å². The fraction of sp³-hybridized carbons (Fsp3) is 0.812. The zero-order valence-electron chi connectivity index (χ0n) is 13.0. The molecule has 1 heterocycles. The smallest absolute Gasteiger partial charge is 0.0624 e. The molecule has 1 aromatic heterocycles. The van der Waals surface area contributed by atoms with Crippen LogP contribution >= 0.6 is 0 Å². The Labute approximate surface area is 122 Å². The van der Waals surface area contributed by atoms with Crippen LogP contribution in [0.15, 0.2) is 12.3 Å². The van der Waals surface area contributed by atoms with Crippen molar-refractivity contribution >= 4 is 0 Å². The molecule has 20 heavy (non-hydrogen) atoms. The molecule has 0 bridgehead atoms. The second-order valence-electron chi connectivity index (χ2n) is 6.07. The molecule has 1 aromatic rings. The monoisotopic (exact) mass is 279 g/mol. The summed E-state index contributed by atoms with van der Waals surface area (Å²) in [7, 11) is 1.74. The molecule has 1 N–H and O–H groups in total. The van der Waals surface area contributed by atoms with E-state index in [0.29, 0.717) is 12.0 Å². The third-order valence-corrected chi connectivity index (χ3v) is 4.23. The number of methoxy groups -OCH3 is 1. The van der Waals surface area contributed by atoms with E-state index in [1.54, 1.807) is 7.11 Å². The van der Waals surface area contributed by atoms with Crippen molar-refractivity contribution in [3.05, 3.63) is 18.0 Å². The topological polar surface area (TPSA) is 39.1 Å². The molecule has 0 aliphatic heterocycles. The fourth-order valence-corrected chi connectivity index (χ4v) is 2.90. The second kappa shape index (κ2) is 8.42. The molecule has 0 radical (unpaired) electrons. The van der Waals surface area contributed by atoms with Gasteiger partial charge in [-0.2, -0.15) is 5.10 Å². The van der Waals surface area contributed by atoms with E-state index in [9.17, 15) is 0 Å². The Morgan fingerprint density at radius 3 is 3.00 bits per heavy atom. The Morgan fingerprint density at radius 2 is 2.25 bits per heavy atom. The molecule has 0 saturated heterocycles. The highest BCUT2D eigenvalue weighted by Crippen LogP contribution is 2.28. The Hall–Kier alpha value is -0.870. The highest BCUT2D eigenvalue weighted by molar-refractivity contribution is 5.00. The third-order valence-electron chi connectivity index (χ3n) is 4.23. The first kappa shape index (κ1) is 15.5. The lowest BCUT2D eigenvalue weighted by Crippen LogP contribution is -2.25. The lowest BCUT2D eigenvalue weighted by atomic mass is 10.0. The molecular weight excluding hydrogens is 250 g/mol. The van der Waals surface area contributed by atoms with Gasteiger partial charge < -0.3 is 10.1 Å². The van der Waals surface area contributed by atoms with Crippen LogP contribution in [0.5, 0.6) is 0 Å². The van der Waals surface area contributed by atoms with E-state index in [1.807, 2.05) is 0 Å². The van der Waals surface area contributed by atoms with Crippen LogP contribution in [-0.2, 0) is 11.2 Å². The summed E-state index contributed by atoms with van der Waals surface area (Å²) in [6.45, 7) is 5.09. The van der Waals surface area contributed by atoms with Gasteiger partial charge in [-0.25, -0.2) is 0 Å². The summed E-state index contributed by atoms with van der Waals surface area (Å²) < 4.78 is 7.23. The normalized spacial score (nSPS) is 17.7. The molecule has 114 valence electrons. The van der Waals surface area contributed by atoms with Crippen molar-refractivity contribution in [3.63, 3.8) is 0 Å². The average Bonchev–Trinajstić information content (AvgIpc) is 3.11. The van der Waals surface area contributed by atoms with Gasteiger partial charge >= 0.3 is 0 Å². The number of nitrogens with zero attached hydrogens (tertiary/aromatic N) is 2. The molecule has 1 atom stereocenters. The Kier molecular flexibility index (Phi) is 6.54. The number of rotatable bonds is 9. The van der Waals surface area contributed by atoms with Gasteiger partial charge in [-0.3, -0.25) is 4.68 Å². The van der Waals surface area contributed by atoms with Crippen LogP contribution < -0.4 is 5.32 Å². The van der Waals surface area contributed by atoms with Crippen LogP contribution in [0.1, 0.15) is 50.8 Å². The Bertz CT molecular complexity index is 372. The number of nitrogens with one attached hydrogen (secondary N) is 1. The predicted molar refractivity (Wildman–Crippen MR) is 82.0 cm³/mol. The fourth-order valence-electron chi connectivity index (χ4n) is 2.90. The van der Waals surface area contributed by atoms with Crippen molar-refractivity contribution in [1.82, 2.24) is 15.1 Å². The lowest BCUT2D eigenvalue weighted by Gasteiger charge is -2.12. The summed E-state index contributed by atoms with van der Waals surface area (Å²) >= 11 is 0. The van der Waals surface area contributed by atoms with Gasteiger partial charge in [-0.15, -0.1) is 0 Å². The molecule has 1 fully saturated rings. The number of hydrogen-bond donors (Lipinski definition) is 1. The van der Waals surface area contributed by atoms with Gasteiger partial charge in [0.05, 0.1) is 18.3 Å². The number of aromatic nitrogens is 2. The van der Waals surface area contributed by atoms with Gasteiger partial charge in [-0.1, -0.05) is 19.8 Å². The maximum atomic E-state index is 5.03. The zero-order chi connectivity index (χ0) is 14.2. The van der Waals surface area contributed by atoms with Crippen molar-refractivity contribution in [2.24, 2.45) is 5.92 Å². The van der Waals surface area contributed by atoms with Gasteiger partial charge in [0.15, 0.2) is 0 Å². The van der Waals surface area contributed by atoms with Crippen LogP contribution in [-0.4, -0.2) is 36.6 Å². The first-order valence-electron chi connectivity index (χ1n) is 8.03. The zero-order valence-corrected chi connectivity index (χ0v) is 13.0. The maximum Gasteiger partial charge on any atom is 0.0624 e. The summed E-state index contributed by atoms with van der Waals surface area (Å²) in [6.07, 6.45) is 9.80. The van der Waals surface area contributed by atoms with E-state index >= 15 is 0 Å². The molecule has 0 spiro atoms. The van der Waals surface area contributed by atoms with Gasteiger partial charge in [0.2, 0.25) is 0 Å². The Balaban J connectivity index is 1.65. The van der Waals surface area contributed by atoms with E-state index in [-0.39, 0.29) is 0 Å². The van der Waals surface area contributed by atoms with E-state index in [4.69, 9.17) is 9.84 Å². The summed E-state index contributed by atoms with van der Waals surface area (Å²) in [4.78, 5) is 0. The highest BCUT2D eigenvalue weighted by Gasteiger charge is 2.17. The minimum atomic E-state index is 0.664. The number of hydrogen-bond acceptors (Lipinski definition) is 3. The molecule has 1 unspecified atom stereocenters. The van der Waals surface area contributed by atoms with E-state index < -0.39 is 0 Å². The summed E-state index contributed by atoms with van der Waals surface area (Å²) in [5, 5.41) is 8.17. The standard InChI is InChI=1S/C16H29N3O/c1-14(13-17-10-12-20-2)7-8-15-9-11-19(18-15)16-5-3-4-6-16/h9,11,14,16-17H,3-8,10,12-13H2,1-2H3. The molecule has 4 heteroatoms. The average molecular weight is 279 g/mol. The third kappa shape index (κ3) is 4.91. The molecule has 0 aromatic carbocycles. The molecule has 1 saturated carbocycles. The molecule has 2 rings (SSSR count). The van der Waals surface area contributed by atoms with Gasteiger partial charge in [-0.05, 0) is 44.2 Å². The number of ether oxygens (including phenoxy) is 1. The summed E-state index contributed by atoms with van der Waals surface area (Å²) in [6, 6.07) is 2.86. The van der Waals surface area contributed by atoms with Crippen molar-refractivity contribution in [2.45, 2.75) is 51.5 Å². The minimum Gasteiger partial charge on any atom is -0.383 e. The molecule has 1 aliphatic carbocycles. The van der Waals surface area contributed by atoms with E-state index in [0.717, 1.165) is 26.1 Å². The van der Waals surface area contributed by atoms with Crippen molar-refractivity contribution in [1.29, 1.82) is 0 Å². The minimum absolute atomic E-state index is 0.664. The largest absolute Gasteiger partial charge is 0.383 e. The first-order chi connectivity index (χ1) is 9.79. The van der Waals surface area contributed by atoms with E-state index in [2.05, 4.69) is 29.2 Å². The van der Waals surface area contributed by atoms with Crippen LogP contribution in [0.4, 0.5) is 0 Å². The van der Waals surface area contributed by atoms with Gasteiger partial charge in [0.1, 0.15) is 0 Å². The van der Waals surface area contributed by atoms with Crippen LogP contribution in [0.3, 0.4) is 0 Å². The maximum absolute atomic E-state index is 5.03. The van der Waals surface area contributed by atoms with Crippen LogP contribution in [0, 0.1) is 5.92 Å². The first-order valence-corrected chi connectivity index (χ1v) is 8.03. The quantitative estimate of drug-likeness (QED) is 0.707. The molecular formula is C16H29N3O. The van der Waals surface area contributed by atoms with Crippen LogP contribution in [0.2, 0.25) is 0 Å². The highest BCUT2D eigenvalue weighted by atomic mass is 16.5. The van der Waals surface area contributed by atoms with Crippen molar-refractivity contribution < 1.29 is 4.74 Å². The molecule has 1 aliphatic rings. The SMILES string of the molecule is COCCNCC(C)CCc1ccn(C2CCCC2)n1.